The number of phenolic OH excluding ortho intramolecular Hbond substituents is 2. The van der Waals surface area contributed by atoms with E-state index >= 15 is 0 Å². The molecule has 1 saturated carbocycles. The summed E-state index contributed by atoms with van der Waals surface area (Å²) in [5.41, 5.74) is 5.98. The van der Waals surface area contributed by atoms with Gasteiger partial charge in [0, 0.05) is 18.7 Å². The molecule has 0 radical (unpaired) electrons. The molecule has 0 saturated heterocycles. The van der Waals surface area contributed by atoms with Crippen LogP contribution in [0.1, 0.15) is 29.6 Å². The number of carbonyl (C=O) groups is 1. The standard InChI is InChI=1S/C13H18N2O3/c14-9-2-1-8(5-9)7-15-13(18)11-4-3-10(16)6-12(11)17/h3-4,6,8-9,16-17H,1-2,5,7,14H2,(H,15,18). The van der Waals surface area contributed by atoms with Crippen LogP contribution >= 0.6 is 0 Å². The molecule has 18 heavy (non-hydrogen) atoms. The number of hydrogen-bond acceptors (Lipinski definition) is 4. The maximum Gasteiger partial charge on any atom is 0.255 e. The number of nitrogens with two attached hydrogens (primary N) is 1. The summed E-state index contributed by atoms with van der Waals surface area (Å²) in [5, 5.41) is 21.5. The molecule has 0 spiro atoms. The lowest BCUT2D eigenvalue weighted by Gasteiger charge is -2.11. The largest absolute Gasteiger partial charge is 0.508 e. The molecule has 2 unspecified atom stereocenters. The van der Waals surface area contributed by atoms with Crippen molar-refractivity contribution in [1.82, 2.24) is 5.32 Å². The Balaban J connectivity index is 1.91. The molecule has 2 atom stereocenters. The van der Waals surface area contributed by atoms with Crippen molar-refractivity contribution >= 4 is 5.91 Å². The third-order valence-electron chi connectivity index (χ3n) is 3.36. The van der Waals surface area contributed by atoms with E-state index in [9.17, 15) is 9.90 Å². The van der Waals surface area contributed by atoms with Gasteiger partial charge >= 0.3 is 0 Å². The molecule has 0 heterocycles. The molecule has 98 valence electrons. The van der Waals surface area contributed by atoms with Gasteiger partial charge in [0.1, 0.15) is 11.5 Å². The van der Waals surface area contributed by atoms with Crippen molar-refractivity contribution in [2.45, 2.75) is 25.3 Å². The first-order valence-corrected chi connectivity index (χ1v) is 6.12. The van der Waals surface area contributed by atoms with E-state index in [0.717, 1.165) is 25.3 Å². The van der Waals surface area contributed by atoms with Crippen LogP contribution in [0.25, 0.3) is 0 Å². The summed E-state index contributed by atoms with van der Waals surface area (Å²) >= 11 is 0. The van der Waals surface area contributed by atoms with Gasteiger partial charge in [-0.1, -0.05) is 0 Å². The van der Waals surface area contributed by atoms with Gasteiger partial charge in [-0.15, -0.1) is 0 Å². The summed E-state index contributed by atoms with van der Waals surface area (Å²) in [5.74, 6) is -0.183. The van der Waals surface area contributed by atoms with Crippen LogP contribution in [0.2, 0.25) is 0 Å². The summed E-state index contributed by atoms with van der Waals surface area (Å²) in [6.45, 7) is 0.576. The van der Waals surface area contributed by atoms with Crippen LogP contribution < -0.4 is 11.1 Å². The highest BCUT2D eigenvalue weighted by Crippen LogP contribution is 2.24. The molecule has 1 aliphatic carbocycles. The van der Waals surface area contributed by atoms with Gasteiger partial charge in [-0.25, -0.2) is 0 Å². The van der Waals surface area contributed by atoms with Gasteiger partial charge in [0.25, 0.3) is 5.91 Å². The third-order valence-corrected chi connectivity index (χ3v) is 3.36. The van der Waals surface area contributed by atoms with Gasteiger partial charge in [-0.05, 0) is 37.3 Å². The Labute approximate surface area is 106 Å². The van der Waals surface area contributed by atoms with Gasteiger partial charge in [-0.3, -0.25) is 4.79 Å². The van der Waals surface area contributed by atoms with Crippen molar-refractivity contribution in [2.24, 2.45) is 11.7 Å². The molecular weight excluding hydrogens is 232 g/mol. The molecule has 5 heteroatoms. The average molecular weight is 250 g/mol. The molecule has 0 bridgehead atoms. The van der Waals surface area contributed by atoms with Gasteiger partial charge in [0.2, 0.25) is 0 Å². The van der Waals surface area contributed by atoms with Gasteiger partial charge in [-0.2, -0.15) is 0 Å². The third kappa shape index (κ3) is 2.92. The van der Waals surface area contributed by atoms with Crippen molar-refractivity contribution in [1.29, 1.82) is 0 Å². The Morgan fingerprint density at radius 3 is 2.78 bits per heavy atom. The fourth-order valence-electron chi connectivity index (χ4n) is 2.34. The quantitative estimate of drug-likeness (QED) is 0.642. The summed E-state index contributed by atoms with van der Waals surface area (Å²) < 4.78 is 0. The van der Waals surface area contributed by atoms with E-state index in [-0.39, 0.29) is 29.0 Å². The predicted octanol–water partition coefficient (Wildman–Crippen LogP) is 0.955. The average Bonchev–Trinajstić information content (AvgIpc) is 2.72. The van der Waals surface area contributed by atoms with E-state index in [2.05, 4.69) is 5.32 Å². The molecule has 1 aliphatic rings. The molecule has 5 N–H and O–H groups in total. The highest BCUT2D eigenvalue weighted by Gasteiger charge is 2.22. The van der Waals surface area contributed by atoms with Crippen molar-refractivity contribution in [3.63, 3.8) is 0 Å². The number of hydrogen-bond donors (Lipinski definition) is 4. The molecule has 2 rings (SSSR count). The maximum absolute atomic E-state index is 11.8. The van der Waals surface area contributed by atoms with Crippen molar-refractivity contribution in [3.05, 3.63) is 23.8 Å². The predicted molar refractivity (Wildman–Crippen MR) is 67.4 cm³/mol. The molecule has 1 aromatic rings. The number of nitrogens with one attached hydrogen (secondary N) is 1. The molecule has 0 aromatic heterocycles. The molecule has 1 aromatic carbocycles. The topological polar surface area (TPSA) is 95.6 Å². The van der Waals surface area contributed by atoms with Gasteiger partial charge in [0.05, 0.1) is 5.56 Å². The molecule has 1 fully saturated rings. The van der Waals surface area contributed by atoms with Crippen molar-refractivity contribution < 1.29 is 15.0 Å². The minimum absolute atomic E-state index is 0.0641. The number of rotatable bonds is 3. The van der Waals surface area contributed by atoms with Crippen LogP contribution in [-0.2, 0) is 0 Å². The van der Waals surface area contributed by atoms with E-state index in [0.29, 0.717) is 12.5 Å². The maximum atomic E-state index is 11.8. The summed E-state index contributed by atoms with van der Waals surface area (Å²) in [7, 11) is 0. The first-order valence-electron chi connectivity index (χ1n) is 6.12. The fraction of sp³-hybridized carbons (Fsp3) is 0.462. The van der Waals surface area contributed by atoms with Gasteiger partial charge < -0.3 is 21.3 Å². The number of amides is 1. The van der Waals surface area contributed by atoms with Crippen molar-refractivity contribution in [2.75, 3.05) is 6.54 Å². The Bertz CT molecular complexity index is 448. The second-order valence-corrected chi connectivity index (χ2v) is 4.85. The number of benzene rings is 1. The van der Waals surface area contributed by atoms with Crippen LogP contribution in [0.5, 0.6) is 11.5 Å². The number of aromatic hydroxyl groups is 2. The lowest BCUT2D eigenvalue weighted by Crippen LogP contribution is -2.29. The second-order valence-electron chi connectivity index (χ2n) is 4.85. The summed E-state index contributed by atoms with van der Waals surface area (Å²) in [6.07, 6.45) is 2.97. The Morgan fingerprint density at radius 1 is 1.39 bits per heavy atom. The molecule has 1 amide bonds. The summed E-state index contributed by atoms with van der Waals surface area (Å²) in [4.78, 5) is 11.8. The first kappa shape index (κ1) is 12.7. The zero-order valence-electron chi connectivity index (χ0n) is 10.1. The normalized spacial score (nSPS) is 22.9. The zero-order chi connectivity index (χ0) is 13.1. The first-order chi connectivity index (χ1) is 8.56. The second kappa shape index (κ2) is 5.27. The molecule has 0 aliphatic heterocycles. The highest BCUT2D eigenvalue weighted by molar-refractivity contribution is 5.96. The fourth-order valence-corrected chi connectivity index (χ4v) is 2.34. The van der Waals surface area contributed by atoms with Crippen LogP contribution in [0.3, 0.4) is 0 Å². The SMILES string of the molecule is NC1CCC(CNC(=O)c2ccc(O)cc2O)C1. The highest BCUT2D eigenvalue weighted by atomic mass is 16.3. The smallest absolute Gasteiger partial charge is 0.255 e. The minimum atomic E-state index is -0.326. The minimum Gasteiger partial charge on any atom is -0.508 e. The molecular formula is C13H18N2O3. The van der Waals surface area contributed by atoms with E-state index in [1.165, 1.54) is 12.1 Å². The van der Waals surface area contributed by atoms with E-state index < -0.39 is 0 Å². The van der Waals surface area contributed by atoms with E-state index in [1.807, 2.05) is 0 Å². The van der Waals surface area contributed by atoms with Gasteiger partial charge in [0.15, 0.2) is 0 Å². The summed E-state index contributed by atoms with van der Waals surface area (Å²) in [6, 6.07) is 4.18. The lowest BCUT2D eigenvalue weighted by atomic mass is 10.1. The Morgan fingerprint density at radius 2 is 2.17 bits per heavy atom. The Hall–Kier alpha value is -1.75. The Kier molecular flexibility index (Phi) is 3.72. The number of carbonyl (C=O) groups excluding carboxylic acids is 1. The monoisotopic (exact) mass is 250 g/mol. The van der Waals surface area contributed by atoms with Crippen LogP contribution in [0.15, 0.2) is 18.2 Å². The zero-order valence-corrected chi connectivity index (χ0v) is 10.1. The number of phenols is 2. The van der Waals surface area contributed by atoms with Crippen LogP contribution in [0.4, 0.5) is 0 Å². The molecule has 5 nitrogen and oxygen atoms in total. The van der Waals surface area contributed by atoms with Crippen LogP contribution in [-0.4, -0.2) is 28.7 Å². The lowest BCUT2D eigenvalue weighted by molar-refractivity contribution is 0.0944. The van der Waals surface area contributed by atoms with Crippen molar-refractivity contribution in [3.8, 4) is 11.5 Å². The van der Waals surface area contributed by atoms with E-state index in [1.54, 1.807) is 0 Å². The van der Waals surface area contributed by atoms with Crippen LogP contribution in [0, 0.1) is 5.92 Å². The van der Waals surface area contributed by atoms with E-state index in [4.69, 9.17) is 10.8 Å².